The first kappa shape index (κ1) is 110. The van der Waals surface area contributed by atoms with Crippen molar-refractivity contribution in [2.24, 2.45) is 0 Å². The van der Waals surface area contributed by atoms with Crippen LogP contribution >= 0.6 is 82.2 Å². The summed E-state index contributed by atoms with van der Waals surface area (Å²) in [6.45, 7) is 3.10. The molecule has 0 amide bonds. The number of carbonyl (C=O) groups is 3. The van der Waals surface area contributed by atoms with Crippen LogP contribution in [0.25, 0.3) is 0 Å². The van der Waals surface area contributed by atoms with Crippen LogP contribution in [0.4, 0.5) is 0 Å². The van der Waals surface area contributed by atoms with E-state index >= 15 is 9.13 Å². The third kappa shape index (κ3) is 29.5. The third-order valence-electron chi connectivity index (χ3n) is 21.5. The van der Waals surface area contributed by atoms with Gasteiger partial charge in [0.2, 0.25) is 0 Å². The van der Waals surface area contributed by atoms with Gasteiger partial charge >= 0.3 is 81.1 Å². The van der Waals surface area contributed by atoms with E-state index in [1.807, 2.05) is 0 Å². The van der Waals surface area contributed by atoms with Gasteiger partial charge in [-0.1, -0.05) is 35.3 Å². The molecule has 67 heteroatoms. The molecular formula is C72H98N12O46P6S3. The molecule has 0 saturated carbocycles. The highest BCUT2D eigenvalue weighted by Gasteiger charge is 2.53. The molecule has 6 fully saturated rings. The van der Waals surface area contributed by atoms with Gasteiger partial charge in [0.25, 0.3) is 33.4 Å². The Labute approximate surface area is 792 Å². The van der Waals surface area contributed by atoms with Crippen molar-refractivity contribution in [1.29, 1.82) is 0 Å². The summed E-state index contributed by atoms with van der Waals surface area (Å²) < 4.78 is 210. The molecule has 139 heavy (non-hydrogen) atoms. The van der Waals surface area contributed by atoms with E-state index in [-0.39, 0.29) is 57.1 Å². The van der Waals surface area contributed by atoms with Gasteiger partial charge < -0.3 is 53.1 Å². The Hall–Kier alpha value is -7.48. The molecule has 58 nitrogen and oxygen atoms in total. The van der Waals surface area contributed by atoms with E-state index in [9.17, 15) is 115 Å². The third-order valence-corrected chi connectivity index (χ3v) is 30.9. The van der Waals surface area contributed by atoms with Crippen LogP contribution in [-0.2, 0) is 134 Å². The van der Waals surface area contributed by atoms with Crippen LogP contribution in [0.5, 0.6) is 0 Å². The molecule has 770 valence electrons. The molecule has 5 unspecified atom stereocenters. The molecule has 0 aliphatic carbocycles. The lowest BCUT2D eigenvalue weighted by Gasteiger charge is -2.27. The maximum absolute atomic E-state index is 15.7. The smallest absolute Gasteiger partial charge is 0.394 e. The lowest BCUT2D eigenvalue weighted by atomic mass is 10.2. The van der Waals surface area contributed by atoms with E-state index in [1.54, 1.807) is 0 Å². The number of rotatable bonds is 46. The van der Waals surface area contributed by atoms with Crippen molar-refractivity contribution in [3.05, 3.63) is 196 Å². The summed E-state index contributed by atoms with van der Waals surface area (Å²) in [6.07, 6.45) is -27.3. The molecule has 6 aliphatic heterocycles. The van der Waals surface area contributed by atoms with Crippen molar-refractivity contribution in [3.63, 3.8) is 0 Å². The molecule has 6 aliphatic rings. The number of aryl methyl sites for hydroxylation is 6. The average molecular weight is 2150 g/mol. The second-order valence-corrected chi connectivity index (χ2v) is 44.6. The Morgan fingerprint density at radius 2 is 0.511 bits per heavy atom. The Kier molecular flexibility index (Phi) is 37.1. The minimum Gasteiger partial charge on any atom is -0.394 e. The molecule has 11 N–H and O–H groups in total. The van der Waals surface area contributed by atoms with Gasteiger partial charge in [0.1, 0.15) is 111 Å². The molecule has 6 aromatic heterocycles. The van der Waals surface area contributed by atoms with Crippen LogP contribution in [0.2, 0.25) is 0 Å². The molecule has 0 bridgehead atoms. The summed E-state index contributed by atoms with van der Waals surface area (Å²) in [7, 11) is -32.9. The second kappa shape index (κ2) is 46.7. The predicted molar refractivity (Wildman–Crippen MR) is 475 cm³/mol. The first-order chi connectivity index (χ1) is 65.2. The molecule has 6 aromatic rings. The normalized spacial score (nSPS) is 27.2. The number of aliphatic hydroxyl groups is 1. The van der Waals surface area contributed by atoms with Crippen LogP contribution < -0.4 is 67.5 Å². The number of aromatic amines is 6. The number of hydrogen-bond donors (Lipinski definition) is 11. The minimum absolute atomic E-state index is 0.00477. The Morgan fingerprint density at radius 1 is 0.317 bits per heavy atom. The van der Waals surface area contributed by atoms with Gasteiger partial charge in [0.05, 0.1) is 59.5 Å². The first-order valence-electron chi connectivity index (χ1n) is 41.9. The Balaban J connectivity index is 0.810. The van der Waals surface area contributed by atoms with Crippen LogP contribution in [0.3, 0.4) is 0 Å². The molecule has 12 heterocycles. The zero-order valence-electron chi connectivity index (χ0n) is 74.6. The highest BCUT2D eigenvalue weighted by Crippen LogP contribution is 2.60. The lowest BCUT2D eigenvalue weighted by Crippen LogP contribution is -2.34. The monoisotopic (exact) mass is 2150 g/mol. The number of phosphoric ester groups is 6. The van der Waals surface area contributed by atoms with Gasteiger partial charge in [-0.3, -0.25) is 164 Å². The Bertz CT molecular complexity index is 6630. The fraction of sp³-hybridized carbons (Fsp3) is 0.625. The number of H-pyrrole nitrogens is 6. The number of aromatic nitrogens is 12. The van der Waals surface area contributed by atoms with Gasteiger partial charge in [0, 0.05) is 147 Å². The summed E-state index contributed by atoms with van der Waals surface area (Å²) in [5.74, 6) is -0.710. The van der Waals surface area contributed by atoms with E-state index in [1.165, 1.54) is 62.3 Å². The van der Waals surface area contributed by atoms with E-state index < -0.39 is 332 Å². The van der Waals surface area contributed by atoms with Crippen LogP contribution in [-0.4, -0.2) is 247 Å². The van der Waals surface area contributed by atoms with Crippen molar-refractivity contribution in [2.45, 2.75) is 211 Å². The molecule has 0 spiro atoms. The maximum atomic E-state index is 15.7. The fourth-order valence-corrected chi connectivity index (χ4v) is 23.2. The number of nitrogens with one attached hydrogen (secondary N) is 6. The van der Waals surface area contributed by atoms with E-state index in [0.717, 1.165) is 76.3 Å². The Morgan fingerprint density at radius 3 is 0.719 bits per heavy atom. The fourth-order valence-electron chi connectivity index (χ4n) is 14.8. The van der Waals surface area contributed by atoms with Crippen molar-refractivity contribution >= 4 is 97.6 Å². The number of phosphoric acid groups is 6. The van der Waals surface area contributed by atoms with Crippen LogP contribution in [0.1, 0.15) is 130 Å². The summed E-state index contributed by atoms with van der Waals surface area (Å²) in [5.41, 5.74) is -11.6. The van der Waals surface area contributed by atoms with Gasteiger partial charge in [-0.05, 0) is 41.5 Å². The second-order valence-electron chi connectivity index (χ2n) is 31.9. The molecule has 23 atom stereocenters. The quantitative estimate of drug-likeness (QED) is 0.0186. The van der Waals surface area contributed by atoms with Crippen molar-refractivity contribution in [3.8, 4) is 0 Å². The molecule has 0 radical (unpaired) electrons. The highest BCUT2D eigenvalue weighted by atomic mass is 32.2. The molecule has 6 saturated heterocycles. The molecular weight excluding hydrogens is 2050 g/mol. The molecule has 0 aromatic carbocycles. The highest BCUT2D eigenvalue weighted by molar-refractivity contribution is 8.14. The van der Waals surface area contributed by atoms with Gasteiger partial charge in [-0.15, -0.1) is 0 Å². The molecule has 12 rings (SSSR count). The largest absolute Gasteiger partial charge is 0.475 e. The van der Waals surface area contributed by atoms with E-state index in [0.29, 0.717) is 23.5 Å². The van der Waals surface area contributed by atoms with Gasteiger partial charge in [-0.25, -0.2) is 56.2 Å². The zero-order valence-corrected chi connectivity index (χ0v) is 82.5. The standard InChI is InChI=1S/C72H98N12O46P6S3/c1-34-22-79(67(95)73-61(34)89)55-16-43(49(28-85)119-55)128-134(108,111-10-13-137-40(7)86)117-32-53-45(18-57(123-53)81-24-36(3)63(91)75-69(81)97)126-132(104,105)115-30-51-48(21-60(121-51)84-27-39(6)66(94)78-72(84)100)130-136(110,113-12-15-139-42(9)88)118-33-54-46(19-58(124-54)82-25-37(4)64(92)76-70(82)98)127-133(106,107)114-29-50-47(20-59(120-50)83-26-38(5)65(93)77-71(83)99)129-135(109,112-11-14-138-41(8)87)116-31-52-44(125-131(101,102)103)17-56(122-52)80-23-35(2)62(90)74-68(80)96/h22-27,43-60,85H,10-21,28-33H2,1-9H3,(H,104,105)(H,106,107)(H,73,89,95)(H,74,90,96)(H,75,91,97)(H,76,92,98)(H,77,93,99)(H,78,94,100)(H2,101,102,103)/t43-,44-,45-,46-,47-,48-,49+,50+,51+,52+,53+,54+,55+,56+,57+,58+,59+,60+,134?,135?,136?/m0/s1. The van der Waals surface area contributed by atoms with Crippen molar-refractivity contribution in [2.75, 3.05) is 76.7 Å². The van der Waals surface area contributed by atoms with Crippen molar-refractivity contribution in [1.82, 2.24) is 57.3 Å². The van der Waals surface area contributed by atoms with Gasteiger partial charge in [0.15, 0.2) is 15.3 Å². The first-order valence-corrected chi connectivity index (χ1v) is 53.7. The summed E-state index contributed by atoms with van der Waals surface area (Å²) in [5, 5.41) is 9.14. The van der Waals surface area contributed by atoms with E-state index in [2.05, 4.69) is 29.9 Å². The number of carbonyl (C=O) groups excluding carboxylic acids is 3. The topological polar surface area (TPSA) is 769 Å². The number of hydrogen-bond acceptors (Lipinski definition) is 45. The summed E-state index contributed by atoms with van der Waals surface area (Å²) in [6, 6.07) is 0. The minimum atomic E-state index is -5.80. The van der Waals surface area contributed by atoms with Crippen LogP contribution in [0, 0.1) is 41.5 Å². The van der Waals surface area contributed by atoms with Crippen molar-refractivity contribution < 1.29 is 158 Å². The lowest BCUT2D eigenvalue weighted by molar-refractivity contribution is -0.109. The number of aliphatic hydroxyl groups excluding tert-OH is 1. The maximum Gasteiger partial charge on any atom is 0.475 e. The van der Waals surface area contributed by atoms with Crippen LogP contribution in [0.15, 0.2) is 94.7 Å². The average Bonchev–Trinajstić information content (AvgIpc) is 1.66. The van der Waals surface area contributed by atoms with Gasteiger partial charge in [-0.2, -0.15) is 0 Å². The number of thioether (sulfide) groups is 3. The summed E-state index contributed by atoms with van der Waals surface area (Å²) >= 11 is 2.05. The number of ether oxygens (including phenoxy) is 6. The SMILES string of the molecule is CC(=O)SCCOP(=O)(OC[C@H]1O[C@@H](n2cc(C)c(=O)[nH]c2=O)C[C@@H]1OP(=O)(O)OC[C@H]1O[C@@H](n2cc(C)c(=O)[nH]c2=O)C[C@@H]1OP(=O)(OCCSC(C)=O)OC[C@H]1O[C@@H](n2cc(C)c(=O)[nH]c2=O)C[C@@H]1OP(=O)(O)OC[C@H]1O[C@@H](n2cc(C)c(=O)[nH]c2=O)C[C@@H]1OP(=O)(OCCSC(C)=O)OC[C@H]1O[C@@H](n2cc(C)c(=O)[nH]c2=O)C[C@@H]1OP(=O)(O)O)O[C@H]1C[C@H](n2cc(C)c(=O)[nH]c2=O)O[C@@H]1CO. The van der Waals surface area contributed by atoms with E-state index in [4.69, 9.17) is 91.8 Å². The predicted octanol–water partition coefficient (Wildman–Crippen LogP) is 0.756. The number of nitrogens with zero attached hydrogens (tertiary/aromatic N) is 6. The summed E-state index contributed by atoms with van der Waals surface area (Å²) in [4.78, 5) is 248. The zero-order chi connectivity index (χ0) is 101.